The van der Waals surface area contributed by atoms with E-state index in [2.05, 4.69) is 4.99 Å². The first-order valence-electron chi connectivity index (χ1n) is 9.30. The lowest BCUT2D eigenvalue weighted by molar-refractivity contribution is -0.113. The third-order valence-electron chi connectivity index (χ3n) is 4.68. The van der Waals surface area contributed by atoms with Crippen LogP contribution in [0.3, 0.4) is 0 Å². The highest BCUT2D eigenvalue weighted by Gasteiger charge is 2.16. The first kappa shape index (κ1) is 17.8. The Morgan fingerprint density at radius 2 is 1.83 bits per heavy atom. The number of nitrogens with zero attached hydrogens (tertiary/aromatic N) is 2. The molecule has 2 aliphatic heterocycles. The largest absolute Gasteiger partial charge is 0.486 e. The summed E-state index contributed by atoms with van der Waals surface area (Å²) in [5.41, 5.74) is 1.83. The van der Waals surface area contributed by atoms with E-state index in [0.717, 1.165) is 27.3 Å². The molecule has 3 aromatic rings. The minimum atomic E-state index is -0.325. The van der Waals surface area contributed by atoms with Crippen LogP contribution in [-0.4, -0.2) is 30.5 Å². The molecule has 0 radical (unpaired) electrons. The molecule has 0 spiro atoms. The van der Waals surface area contributed by atoms with Crippen molar-refractivity contribution in [1.82, 2.24) is 4.57 Å². The fourth-order valence-electron chi connectivity index (χ4n) is 3.31. The lowest BCUT2D eigenvalue weighted by Gasteiger charge is -2.18. The van der Waals surface area contributed by atoms with Gasteiger partial charge in [-0.05, 0) is 30.7 Å². The minimum absolute atomic E-state index is 0.221. The number of hydrogen-bond acceptors (Lipinski definition) is 6. The molecule has 0 N–H and O–H groups in total. The highest BCUT2D eigenvalue weighted by molar-refractivity contribution is 7.16. The number of rotatable bonds is 3. The Kier molecular flexibility index (Phi) is 4.48. The summed E-state index contributed by atoms with van der Waals surface area (Å²) in [6.07, 6.45) is 3.18. The molecule has 3 heterocycles. The molecule has 29 heavy (non-hydrogen) atoms. The molecule has 0 unspecified atom stereocenters. The summed E-state index contributed by atoms with van der Waals surface area (Å²) >= 11 is 1.46. The average Bonchev–Trinajstić information content (AvgIpc) is 3.33. The molecule has 0 saturated heterocycles. The summed E-state index contributed by atoms with van der Waals surface area (Å²) in [7, 11) is 0. The molecule has 0 saturated carbocycles. The topological polar surface area (TPSA) is 71.3 Å². The second-order valence-corrected chi connectivity index (χ2v) is 7.50. The third-order valence-corrected chi connectivity index (χ3v) is 5.72. The predicted molar refractivity (Wildman–Crippen MR) is 109 cm³/mol. The summed E-state index contributed by atoms with van der Waals surface area (Å²) < 4.78 is 25.0. The molecular weight excluding hydrogens is 392 g/mol. The summed E-state index contributed by atoms with van der Waals surface area (Å²) in [5.74, 6) is 2.52. The van der Waals surface area contributed by atoms with E-state index in [4.69, 9.17) is 18.9 Å². The van der Waals surface area contributed by atoms with E-state index in [1.165, 1.54) is 17.4 Å². The Hall–Kier alpha value is -3.26. The second kappa shape index (κ2) is 7.29. The van der Waals surface area contributed by atoms with Crippen molar-refractivity contribution in [1.29, 1.82) is 0 Å². The van der Waals surface area contributed by atoms with E-state index >= 15 is 0 Å². The molecule has 8 heteroatoms. The Bertz CT molecular complexity index is 1210. The maximum Gasteiger partial charge on any atom is 0.272 e. The maximum atomic E-state index is 12.5. The minimum Gasteiger partial charge on any atom is -0.486 e. The predicted octanol–water partition coefficient (Wildman–Crippen LogP) is 3.36. The van der Waals surface area contributed by atoms with Gasteiger partial charge in [0.05, 0.1) is 10.2 Å². The molecule has 2 aromatic carbocycles. The SMILES string of the molecule is CCn1c(=NC(=O)C=Cc2ccc3c(c2)OCO3)sc2cc3c(cc21)OCCO3. The molecule has 0 aliphatic carbocycles. The number of fused-ring (bicyclic) bond motifs is 3. The number of amides is 1. The Labute approximate surface area is 170 Å². The second-order valence-electron chi connectivity index (χ2n) is 6.49. The van der Waals surface area contributed by atoms with Crippen LogP contribution in [0.2, 0.25) is 0 Å². The van der Waals surface area contributed by atoms with E-state index in [-0.39, 0.29) is 12.7 Å². The average molecular weight is 410 g/mol. The van der Waals surface area contributed by atoms with Gasteiger partial charge in [0.25, 0.3) is 5.91 Å². The van der Waals surface area contributed by atoms with Gasteiger partial charge in [-0.1, -0.05) is 17.4 Å². The summed E-state index contributed by atoms with van der Waals surface area (Å²) in [5, 5.41) is 0. The van der Waals surface area contributed by atoms with Gasteiger partial charge in [0.2, 0.25) is 6.79 Å². The van der Waals surface area contributed by atoms with Crippen molar-refractivity contribution in [3.8, 4) is 23.0 Å². The molecular formula is C21H18N2O5S. The van der Waals surface area contributed by atoms with E-state index in [1.54, 1.807) is 6.08 Å². The van der Waals surface area contributed by atoms with Gasteiger partial charge in [-0.15, -0.1) is 0 Å². The van der Waals surface area contributed by atoms with Crippen molar-refractivity contribution in [2.75, 3.05) is 20.0 Å². The lowest BCUT2D eigenvalue weighted by Crippen LogP contribution is -2.16. The van der Waals surface area contributed by atoms with Gasteiger partial charge in [0, 0.05) is 24.8 Å². The van der Waals surface area contributed by atoms with E-state index in [1.807, 2.05) is 41.8 Å². The summed E-state index contributed by atoms with van der Waals surface area (Å²) in [4.78, 5) is 17.4. The number of thiazole rings is 1. The lowest BCUT2D eigenvalue weighted by atomic mass is 10.2. The van der Waals surface area contributed by atoms with Gasteiger partial charge in [-0.2, -0.15) is 4.99 Å². The molecule has 148 valence electrons. The maximum absolute atomic E-state index is 12.5. The van der Waals surface area contributed by atoms with Crippen LogP contribution in [0.5, 0.6) is 23.0 Å². The zero-order valence-corrected chi connectivity index (χ0v) is 16.5. The normalized spacial score (nSPS) is 15.4. The standard InChI is InChI=1S/C21H18N2O5S/c1-2-23-14-10-17-18(26-8-7-25-17)11-19(14)29-21(23)22-20(24)6-4-13-3-5-15-16(9-13)28-12-27-15/h3-6,9-11H,2,7-8,12H2,1H3. The summed E-state index contributed by atoms with van der Waals surface area (Å²) in [6.45, 7) is 4.01. The zero-order valence-electron chi connectivity index (χ0n) is 15.7. The van der Waals surface area contributed by atoms with E-state index < -0.39 is 0 Å². The first-order chi connectivity index (χ1) is 14.2. The van der Waals surface area contributed by atoms with Crippen LogP contribution in [0, 0.1) is 0 Å². The number of ether oxygens (including phenoxy) is 4. The van der Waals surface area contributed by atoms with Gasteiger partial charge >= 0.3 is 0 Å². The highest BCUT2D eigenvalue weighted by Crippen LogP contribution is 2.35. The molecule has 2 aliphatic rings. The van der Waals surface area contributed by atoms with Crippen LogP contribution in [0.1, 0.15) is 12.5 Å². The Balaban J connectivity index is 1.46. The molecule has 0 atom stereocenters. The number of hydrogen-bond donors (Lipinski definition) is 0. The van der Waals surface area contributed by atoms with Crippen LogP contribution >= 0.6 is 11.3 Å². The van der Waals surface area contributed by atoms with Gasteiger partial charge < -0.3 is 23.5 Å². The quantitative estimate of drug-likeness (QED) is 0.619. The smallest absolute Gasteiger partial charge is 0.272 e. The number of aromatic nitrogens is 1. The van der Waals surface area contributed by atoms with Crippen molar-refractivity contribution in [3.05, 3.63) is 46.8 Å². The van der Waals surface area contributed by atoms with E-state index in [9.17, 15) is 4.79 Å². The van der Waals surface area contributed by atoms with Crippen LogP contribution in [0.4, 0.5) is 0 Å². The van der Waals surface area contributed by atoms with Crippen LogP contribution in [-0.2, 0) is 11.3 Å². The number of benzene rings is 2. The van der Waals surface area contributed by atoms with Crippen molar-refractivity contribution in [3.63, 3.8) is 0 Å². The van der Waals surface area contributed by atoms with Gasteiger partial charge in [0.1, 0.15) is 13.2 Å². The Morgan fingerprint density at radius 3 is 2.66 bits per heavy atom. The van der Waals surface area contributed by atoms with Gasteiger partial charge in [0.15, 0.2) is 27.8 Å². The third kappa shape index (κ3) is 3.36. The zero-order chi connectivity index (χ0) is 19.8. The fourth-order valence-corrected chi connectivity index (χ4v) is 4.42. The van der Waals surface area contributed by atoms with Crippen LogP contribution in [0.25, 0.3) is 16.3 Å². The molecule has 1 aromatic heterocycles. The summed E-state index contributed by atoms with van der Waals surface area (Å²) in [6, 6.07) is 9.44. The van der Waals surface area contributed by atoms with Gasteiger partial charge in [-0.25, -0.2) is 0 Å². The monoisotopic (exact) mass is 410 g/mol. The molecule has 0 fully saturated rings. The van der Waals surface area contributed by atoms with Crippen LogP contribution in [0.15, 0.2) is 41.4 Å². The molecule has 0 bridgehead atoms. The number of aryl methyl sites for hydroxylation is 1. The molecule has 1 amide bonds. The molecule has 7 nitrogen and oxygen atoms in total. The van der Waals surface area contributed by atoms with Crippen molar-refractivity contribution in [2.45, 2.75) is 13.5 Å². The first-order valence-corrected chi connectivity index (χ1v) is 10.1. The van der Waals surface area contributed by atoms with E-state index in [0.29, 0.717) is 36.1 Å². The van der Waals surface area contributed by atoms with Crippen molar-refractivity contribution in [2.24, 2.45) is 4.99 Å². The van der Waals surface area contributed by atoms with Gasteiger partial charge in [-0.3, -0.25) is 4.79 Å². The fraction of sp³-hybridized carbons (Fsp3) is 0.238. The van der Waals surface area contributed by atoms with Crippen LogP contribution < -0.4 is 23.7 Å². The highest BCUT2D eigenvalue weighted by atomic mass is 32.1. The van der Waals surface area contributed by atoms with Crippen molar-refractivity contribution >= 4 is 33.5 Å². The number of carbonyl (C=O) groups is 1. The van der Waals surface area contributed by atoms with Crippen molar-refractivity contribution < 1.29 is 23.7 Å². The molecule has 5 rings (SSSR count). The Morgan fingerprint density at radius 1 is 1.07 bits per heavy atom. The number of carbonyl (C=O) groups excluding carboxylic acids is 1.